The molecule has 0 atom stereocenters. The predicted molar refractivity (Wildman–Crippen MR) is 108 cm³/mol. The maximum atomic E-state index is 12.3. The molecular weight excluding hydrogens is 380 g/mol. The summed E-state index contributed by atoms with van der Waals surface area (Å²) in [4.78, 5) is 18.5. The van der Waals surface area contributed by atoms with Gasteiger partial charge in [-0.2, -0.15) is 0 Å². The summed E-state index contributed by atoms with van der Waals surface area (Å²) in [5.41, 5.74) is 4.04. The number of tetrazole rings is 1. The smallest absolute Gasteiger partial charge is 0.230 e. The molecule has 0 aliphatic heterocycles. The van der Waals surface area contributed by atoms with Crippen LogP contribution in [-0.4, -0.2) is 31.1 Å². The lowest BCUT2D eigenvalue weighted by Crippen LogP contribution is -2.22. The van der Waals surface area contributed by atoms with Crippen LogP contribution in [0.3, 0.4) is 0 Å². The van der Waals surface area contributed by atoms with Gasteiger partial charge in [0.1, 0.15) is 0 Å². The second-order valence-corrected chi connectivity index (χ2v) is 7.74. The second kappa shape index (κ2) is 8.45. The average Bonchev–Trinajstić information content (AvgIpc) is 3.26. The van der Waals surface area contributed by atoms with Gasteiger partial charge in [-0.1, -0.05) is 23.9 Å². The van der Waals surface area contributed by atoms with Gasteiger partial charge in [-0.15, -0.1) is 23.0 Å². The number of carbonyl (C=O) groups excluding carboxylic acids is 1. The highest BCUT2D eigenvalue weighted by atomic mass is 32.2. The van der Waals surface area contributed by atoms with Crippen molar-refractivity contribution in [2.45, 2.75) is 38.2 Å². The third-order valence-corrected chi connectivity index (χ3v) is 5.81. The molecule has 1 aromatic carbocycles. The van der Waals surface area contributed by atoms with Gasteiger partial charge in [-0.25, -0.2) is 9.67 Å². The SMILES string of the molecule is C=CCn1nnnc1SCc1csc(N(C(C)=O)c2ccc(C)c(C)c2)n1. The number of aromatic nitrogens is 5. The summed E-state index contributed by atoms with van der Waals surface area (Å²) in [7, 11) is 0. The lowest BCUT2D eigenvalue weighted by Gasteiger charge is -2.19. The Morgan fingerprint density at radius 3 is 2.89 bits per heavy atom. The number of amides is 1. The number of rotatable bonds is 7. The summed E-state index contributed by atoms with van der Waals surface area (Å²) in [5, 5.41) is 15.0. The van der Waals surface area contributed by atoms with Crippen molar-refractivity contribution < 1.29 is 4.79 Å². The number of thioether (sulfide) groups is 1. The van der Waals surface area contributed by atoms with Crippen LogP contribution in [0.2, 0.25) is 0 Å². The molecule has 1 amide bonds. The maximum absolute atomic E-state index is 12.3. The summed E-state index contributed by atoms with van der Waals surface area (Å²) in [6, 6.07) is 5.98. The van der Waals surface area contributed by atoms with Crippen molar-refractivity contribution in [3.05, 3.63) is 53.1 Å². The monoisotopic (exact) mass is 400 g/mol. The third kappa shape index (κ3) is 4.42. The number of carbonyl (C=O) groups is 1. The predicted octanol–water partition coefficient (Wildman–Crippen LogP) is 3.91. The number of thiazole rings is 1. The number of hydrogen-bond donors (Lipinski definition) is 0. The minimum Gasteiger partial charge on any atom is -0.274 e. The Morgan fingerprint density at radius 2 is 2.19 bits per heavy atom. The molecule has 9 heteroatoms. The molecule has 0 spiro atoms. The average molecular weight is 401 g/mol. The Hall–Kier alpha value is -2.52. The third-order valence-electron chi connectivity index (χ3n) is 3.94. The molecule has 3 rings (SSSR count). The highest BCUT2D eigenvalue weighted by Gasteiger charge is 2.19. The highest BCUT2D eigenvalue weighted by Crippen LogP contribution is 2.31. The summed E-state index contributed by atoms with van der Waals surface area (Å²) >= 11 is 2.95. The van der Waals surface area contributed by atoms with Crippen molar-refractivity contribution >= 4 is 39.8 Å². The quantitative estimate of drug-likeness (QED) is 0.442. The minimum absolute atomic E-state index is 0.0678. The van der Waals surface area contributed by atoms with Crippen LogP contribution in [0, 0.1) is 13.8 Å². The van der Waals surface area contributed by atoms with Gasteiger partial charge in [0.15, 0.2) is 5.13 Å². The number of hydrogen-bond acceptors (Lipinski definition) is 7. The first kappa shape index (κ1) is 19.2. The van der Waals surface area contributed by atoms with Gasteiger partial charge in [-0.3, -0.25) is 9.69 Å². The lowest BCUT2D eigenvalue weighted by molar-refractivity contribution is -0.115. The fourth-order valence-electron chi connectivity index (χ4n) is 2.43. The van der Waals surface area contributed by atoms with Crippen molar-refractivity contribution in [2.75, 3.05) is 4.90 Å². The normalized spacial score (nSPS) is 10.8. The van der Waals surface area contributed by atoms with Crippen LogP contribution in [0.1, 0.15) is 23.7 Å². The molecule has 3 aromatic rings. The molecule has 7 nitrogen and oxygen atoms in total. The van der Waals surface area contributed by atoms with E-state index in [4.69, 9.17) is 0 Å². The lowest BCUT2D eigenvalue weighted by atomic mass is 10.1. The van der Waals surface area contributed by atoms with Crippen LogP contribution in [0.4, 0.5) is 10.8 Å². The summed E-state index contributed by atoms with van der Waals surface area (Å²) in [5.74, 6) is 0.550. The Bertz CT molecular complexity index is 964. The van der Waals surface area contributed by atoms with Gasteiger partial charge in [0.2, 0.25) is 11.1 Å². The molecule has 27 heavy (non-hydrogen) atoms. The zero-order chi connectivity index (χ0) is 19.4. The Kier molecular flexibility index (Phi) is 6.02. The van der Waals surface area contributed by atoms with Gasteiger partial charge in [0.25, 0.3) is 0 Å². The topological polar surface area (TPSA) is 76.8 Å². The number of nitrogens with zero attached hydrogens (tertiary/aromatic N) is 6. The minimum atomic E-state index is -0.0678. The zero-order valence-electron chi connectivity index (χ0n) is 15.4. The van der Waals surface area contributed by atoms with Crippen LogP contribution in [-0.2, 0) is 17.1 Å². The van der Waals surface area contributed by atoms with Gasteiger partial charge in [-0.05, 0) is 47.5 Å². The Labute approximate surface area is 166 Å². The van der Waals surface area contributed by atoms with Crippen LogP contribution in [0.15, 0.2) is 41.4 Å². The molecule has 0 radical (unpaired) electrons. The van der Waals surface area contributed by atoms with E-state index in [0.29, 0.717) is 22.6 Å². The summed E-state index contributed by atoms with van der Waals surface area (Å²) in [6.07, 6.45) is 1.75. The van der Waals surface area contributed by atoms with E-state index in [1.54, 1.807) is 22.6 Å². The van der Waals surface area contributed by atoms with Crippen molar-refractivity contribution in [1.29, 1.82) is 0 Å². The highest BCUT2D eigenvalue weighted by molar-refractivity contribution is 7.98. The van der Waals surface area contributed by atoms with Crippen LogP contribution in [0.5, 0.6) is 0 Å². The molecule has 0 aliphatic carbocycles. The van der Waals surface area contributed by atoms with Crippen molar-refractivity contribution in [2.24, 2.45) is 0 Å². The Balaban J connectivity index is 1.77. The van der Waals surface area contributed by atoms with E-state index in [1.165, 1.54) is 28.7 Å². The van der Waals surface area contributed by atoms with Gasteiger partial charge in [0, 0.05) is 18.1 Å². The van der Waals surface area contributed by atoms with E-state index in [9.17, 15) is 4.79 Å². The van der Waals surface area contributed by atoms with E-state index in [0.717, 1.165) is 16.9 Å². The number of anilines is 2. The molecule has 0 aliphatic rings. The van der Waals surface area contributed by atoms with E-state index in [-0.39, 0.29) is 5.91 Å². The molecule has 140 valence electrons. The molecule has 0 fully saturated rings. The molecule has 2 heterocycles. The van der Waals surface area contributed by atoms with Crippen LogP contribution >= 0.6 is 23.1 Å². The maximum Gasteiger partial charge on any atom is 0.230 e. The van der Waals surface area contributed by atoms with Gasteiger partial charge >= 0.3 is 0 Å². The molecule has 0 unspecified atom stereocenters. The molecule has 0 N–H and O–H groups in total. The zero-order valence-corrected chi connectivity index (χ0v) is 17.0. The van der Waals surface area contributed by atoms with Crippen LogP contribution in [0.25, 0.3) is 0 Å². The standard InChI is InChI=1S/C18H20N6OS2/c1-5-8-23-18(20-21-22-23)27-11-15-10-26-17(19-15)24(14(4)25)16-7-6-12(2)13(3)9-16/h5-7,9-10H,1,8,11H2,2-4H3. The molecular formula is C18H20N6OS2. The van der Waals surface area contributed by atoms with Gasteiger partial charge in [0.05, 0.1) is 17.9 Å². The van der Waals surface area contributed by atoms with E-state index >= 15 is 0 Å². The van der Waals surface area contributed by atoms with E-state index < -0.39 is 0 Å². The number of benzene rings is 1. The second-order valence-electron chi connectivity index (χ2n) is 5.97. The number of allylic oxidation sites excluding steroid dienone is 1. The van der Waals surface area contributed by atoms with Crippen molar-refractivity contribution in [3.63, 3.8) is 0 Å². The van der Waals surface area contributed by atoms with Gasteiger partial charge < -0.3 is 0 Å². The van der Waals surface area contributed by atoms with E-state index in [1.807, 2.05) is 30.5 Å². The Morgan fingerprint density at radius 1 is 1.37 bits per heavy atom. The first-order valence-electron chi connectivity index (χ1n) is 8.31. The molecule has 0 saturated carbocycles. The summed E-state index contributed by atoms with van der Waals surface area (Å²) < 4.78 is 1.68. The van der Waals surface area contributed by atoms with Crippen LogP contribution < -0.4 is 4.90 Å². The first-order chi connectivity index (χ1) is 13.0. The largest absolute Gasteiger partial charge is 0.274 e. The fraction of sp³-hybridized carbons (Fsp3) is 0.278. The number of aryl methyl sites for hydroxylation is 2. The molecule has 0 saturated heterocycles. The van der Waals surface area contributed by atoms with Crippen molar-refractivity contribution in [3.8, 4) is 0 Å². The van der Waals surface area contributed by atoms with E-state index in [2.05, 4.69) is 34.0 Å². The summed E-state index contributed by atoms with van der Waals surface area (Å²) in [6.45, 7) is 9.90. The fourth-order valence-corrected chi connectivity index (χ4v) is 4.20. The molecule has 2 aromatic heterocycles. The molecule has 0 bridgehead atoms. The first-order valence-corrected chi connectivity index (χ1v) is 10.2. The van der Waals surface area contributed by atoms with Crippen molar-refractivity contribution in [1.82, 2.24) is 25.2 Å².